The highest BCUT2D eigenvalue weighted by atomic mass is 15.0. The first kappa shape index (κ1) is 14.7. The van der Waals surface area contributed by atoms with E-state index in [4.69, 9.17) is 0 Å². The number of aromatic nitrogens is 2. The molecule has 0 unspecified atom stereocenters. The van der Waals surface area contributed by atoms with Crippen molar-refractivity contribution >= 4 is 0 Å². The van der Waals surface area contributed by atoms with Gasteiger partial charge in [-0.05, 0) is 18.1 Å². The van der Waals surface area contributed by atoms with E-state index in [9.17, 15) is 0 Å². The fourth-order valence-electron chi connectivity index (χ4n) is 2.07. The van der Waals surface area contributed by atoms with Crippen molar-refractivity contribution in [3.63, 3.8) is 0 Å². The van der Waals surface area contributed by atoms with Crippen LogP contribution < -0.4 is 5.32 Å². The lowest BCUT2D eigenvalue weighted by atomic mass is 10.1. The highest BCUT2D eigenvalue weighted by Gasteiger charge is 2.03. The average Bonchev–Trinajstić information content (AvgIpc) is 2.47. The van der Waals surface area contributed by atoms with Crippen molar-refractivity contribution in [1.82, 2.24) is 15.3 Å². The predicted molar refractivity (Wildman–Crippen MR) is 83.4 cm³/mol. The minimum absolute atomic E-state index is 0.440. The molecular formula is C17H23N3. The van der Waals surface area contributed by atoms with Gasteiger partial charge in [-0.2, -0.15) is 0 Å². The monoisotopic (exact) mass is 269 g/mol. The van der Waals surface area contributed by atoms with Crippen molar-refractivity contribution in [2.24, 2.45) is 0 Å². The summed E-state index contributed by atoms with van der Waals surface area (Å²) in [4.78, 5) is 8.93. The maximum absolute atomic E-state index is 4.62. The van der Waals surface area contributed by atoms with E-state index >= 15 is 0 Å². The lowest BCUT2D eigenvalue weighted by Gasteiger charge is -2.08. The molecule has 20 heavy (non-hydrogen) atoms. The van der Waals surface area contributed by atoms with Gasteiger partial charge in [-0.1, -0.05) is 51.5 Å². The molecule has 0 amide bonds. The molecule has 2 rings (SSSR count). The maximum Gasteiger partial charge on any atom is 0.142 e. The van der Waals surface area contributed by atoms with Crippen molar-refractivity contribution in [2.45, 2.75) is 46.2 Å². The molecule has 0 aliphatic heterocycles. The number of benzene rings is 1. The number of aryl methyl sites for hydroxylation is 1. The summed E-state index contributed by atoms with van der Waals surface area (Å²) in [7, 11) is 0. The summed E-state index contributed by atoms with van der Waals surface area (Å²) in [5.41, 5.74) is 3.52. The van der Waals surface area contributed by atoms with Gasteiger partial charge in [-0.15, -0.1) is 0 Å². The number of nitrogens with zero attached hydrogens (tertiary/aromatic N) is 2. The molecule has 3 nitrogen and oxygen atoms in total. The summed E-state index contributed by atoms with van der Waals surface area (Å²) in [6, 6.07) is 11.1. The van der Waals surface area contributed by atoms with E-state index in [1.807, 2.05) is 12.3 Å². The van der Waals surface area contributed by atoms with Crippen molar-refractivity contribution < 1.29 is 0 Å². The quantitative estimate of drug-likeness (QED) is 0.870. The Morgan fingerprint density at radius 1 is 1.10 bits per heavy atom. The molecule has 1 aromatic carbocycles. The van der Waals surface area contributed by atoms with Gasteiger partial charge >= 0.3 is 0 Å². The van der Waals surface area contributed by atoms with Crippen molar-refractivity contribution in [1.29, 1.82) is 0 Å². The van der Waals surface area contributed by atoms with Gasteiger partial charge in [0.05, 0.1) is 12.2 Å². The van der Waals surface area contributed by atoms with Gasteiger partial charge in [0.1, 0.15) is 5.82 Å². The second-order valence-corrected chi connectivity index (χ2v) is 5.34. The molecule has 0 aliphatic carbocycles. The number of rotatable bonds is 6. The molecule has 0 atom stereocenters. The summed E-state index contributed by atoms with van der Waals surface area (Å²) in [5, 5.41) is 3.34. The second kappa shape index (κ2) is 7.15. The normalized spacial score (nSPS) is 11.0. The molecule has 0 spiro atoms. The lowest BCUT2D eigenvalue weighted by molar-refractivity contribution is 0.572. The molecule has 0 bridgehead atoms. The fourth-order valence-corrected chi connectivity index (χ4v) is 2.07. The topological polar surface area (TPSA) is 37.8 Å². The van der Waals surface area contributed by atoms with E-state index in [-0.39, 0.29) is 0 Å². The van der Waals surface area contributed by atoms with Crippen molar-refractivity contribution in [3.8, 4) is 11.3 Å². The molecule has 0 radical (unpaired) electrons. The maximum atomic E-state index is 4.62. The molecule has 0 saturated carbocycles. The van der Waals surface area contributed by atoms with Crippen LogP contribution in [0.5, 0.6) is 0 Å². The zero-order chi connectivity index (χ0) is 14.4. The van der Waals surface area contributed by atoms with Crippen molar-refractivity contribution in [3.05, 3.63) is 47.9 Å². The third kappa shape index (κ3) is 4.14. The van der Waals surface area contributed by atoms with Crippen LogP contribution in [0, 0.1) is 0 Å². The summed E-state index contributed by atoms with van der Waals surface area (Å²) in [6.45, 7) is 7.15. The van der Waals surface area contributed by atoms with Crippen LogP contribution in [0.25, 0.3) is 11.3 Å². The van der Waals surface area contributed by atoms with Gasteiger partial charge in [-0.25, -0.2) is 9.97 Å². The molecule has 2 aromatic rings. The number of hydrogen-bond acceptors (Lipinski definition) is 3. The Balaban J connectivity index is 2.13. The van der Waals surface area contributed by atoms with Crippen LogP contribution >= 0.6 is 0 Å². The third-order valence-electron chi connectivity index (χ3n) is 3.16. The van der Waals surface area contributed by atoms with Crippen LogP contribution in [0.1, 0.15) is 38.6 Å². The first-order chi connectivity index (χ1) is 9.69. The summed E-state index contributed by atoms with van der Waals surface area (Å²) >= 11 is 0. The highest BCUT2D eigenvalue weighted by Crippen LogP contribution is 2.17. The van der Waals surface area contributed by atoms with Gasteiger partial charge in [0.15, 0.2) is 0 Å². The Bertz CT molecular complexity index is 532. The first-order valence-electron chi connectivity index (χ1n) is 7.33. The van der Waals surface area contributed by atoms with Crippen LogP contribution in [-0.4, -0.2) is 16.0 Å². The Morgan fingerprint density at radius 2 is 1.85 bits per heavy atom. The molecule has 106 valence electrons. The number of nitrogens with one attached hydrogen (secondary N) is 1. The molecule has 1 N–H and O–H groups in total. The molecule has 0 aliphatic rings. The van der Waals surface area contributed by atoms with Gasteiger partial charge in [0.2, 0.25) is 0 Å². The van der Waals surface area contributed by atoms with Gasteiger partial charge in [0, 0.05) is 17.8 Å². The molecule has 0 fully saturated rings. The zero-order valence-electron chi connectivity index (χ0n) is 12.6. The number of hydrogen-bond donors (Lipinski definition) is 1. The largest absolute Gasteiger partial charge is 0.308 e. The van der Waals surface area contributed by atoms with Crippen LogP contribution in [-0.2, 0) is 13.0 Å². The average molecular weight is 269 g/mol. The van der Waals surface area contributed by atoms with E-state index in [1.54, 1.807) is 0 Å². The Hall–Kier alpha value is -1.74. The SMILES string of the molecule is CCCc1ccc(-c2ccnc(CNC(C)C)n2)cc1. The van der Waals surface area contributed by atoms with E-state index < -0.39 is 0 Å². The molecule has 0 saturated heterocycles. The Kier molecular flexibility index (Phi) is 5.24. The Labute approximate surface area is 121 Å². The second-order valence-electron chi connectivity index (χ2n) is 5.34. The molecule has 1 aromatic heterocycles. The lowest BCUT2D eigenvalue weighted by Crippen LogP contribution is -2.23. The minimum atomic E-state index is 0.440. The predicted octanol–water partition coefficient (Wildman–Crippen LogP) is 3.59. The molecule has 3 heteroatoms. The smallest absolute Gasteiger partial charge is 0.142 e. The van der Waals surface area contributed by atoms with E-state index in [0.717, 1.165) is 23.5 Å². The summed E-state index contributed by atoms with van der Waals surface area (Å²) < 4.78 is 0. The van der Waals surface area contributed by atoms with E-state index in [1.165, 1.54) is 12.0 Å². The standard InChI is InChI=1S/C17H23N3/c1-4-5-14-6-8-15(9-7-14)16-10-11-18-17(20-16)12-19-13(2)3/h6-11,13,19H,4-5,12H2,1-3H3. The van der Waals surface area contributed by atoms with Crippen LogP contribution in [0.3, 0.4) is 0 Å². The van der Waals surface area contributed by atoms with Crippen LogP contribution in [0.2, 0.25) is 0 Å². The van der Waals surface area contributed by atoms with Gasteiger partial charge in [0.25, 0.3) is 0 Å². The summed E-state index contributed by atoms with van der Waals surface area (Å²) in [6.07, 6.45) is 4.14. The third-order valence-corrected chi connectivity index (χ3v) is 3.16. The summed E-state index contributed by atoms with van der Waals surface area (Å²) in [5.74, 6) is 0.842. The van der Waals surface area contributed by atoms with E-state index in [2.05, 4.69) is 60.3 Å². The minimum Gasteiger partial charge on any atom is -0.308 e. The van der Waals surface area contributed by atoms with Crippen LogP contribution in [0.4, 0.5) is 0 Å². The van der Waals surface area contributed by atoms with Gasteiger partial charge in [-0.3, -0.25) is 0 Å². The fraction of sp³-hybridized carbons (Fsp3) is 0.412. The highest BCUT2D eigenvalue weighted by molar-refractivity contribution is 5.58. The molecule has 1 heterocycles. The van der Waals surface area contributed by atoms with Crippen LogP contribution in [0.15, 0.2) is 36.5 Å². The zero-order valence-corrected chi connectivity index (χ0v) is 12.6. The van der Waals surface area contributed by atoms with Gasteiger partial charge < -0.3 is 5.32 Å². The Morgan fingerprint density at radius 3 is 2.50 bits per heavy atom. The molecular weight excluding hydrogens is 246 g/mol. The van der Waals surface area contributed by atoms with Crippen molar-refractivity contribution in [2.75, 3.05) is 0 Å². The first-order valence-corrected chi connectivity index (χ1v) is 7.33. The van der Waals surface area contributed by atoms with E-state index in [0.29, 0.717) is 12.6 Å².